The molecule has 0 aliphatic rings. The number of thiazole rings is 1. The van der Waals surface area contributed by atoms with Crippen LogP contribution in [0.5, 0.6) is 0 Å². The van der Waals surface area contributed by atoms with E-state index in [1.807, 2.05) is 23.6 Å². The molecule has 0 spiro atoms. The van der Waals surface area contributed by atoms with Gasteiger partial charge in [0.15, 0.2) is 0 Å². The molecule has 2 rings (SSSR count). The third kappa shape index (κ3) is 8.11. The fourth-order valence-electron chi connectivity index (χ4n) is 2.20. The molecule has 0 bridgehead atoms. The number of amides is 1. The van der Waals surface area contributed by atoms with Crippen molar-refractivity contribution in [1.82, 2.24) is 15.6 Å². The lowest BCUT2D eigenvalue weighted by Gasteiger charge is -2.12. The summed E-state index contributed by atoms with van der Waals surface area (Å²) in [6.45, 7) is 5.67. The molecule has 0 saturated carbocycles. The molecule has 1 atom stereocenters. The summed E-state index contributed by atoms with van der Waals surface area (Å²) >= 11 is 1.62. The van der Waals surface area contributed by atoms with Gasteiger partial charge in [-0.05, 0) is 19.0 Å². The standard InChI is InChI=1S/C17H23N3OS.2ClH/c1-3-18-13(2)11-19-16(21)10-15-12-22-17(20-15)9-14-7-5-4-6-8-14;;/h4-8,12-13,18H,3,9-11H2,1-2H3,(H,19,21);2*1H/t13-;;/m1../s1. The summed E-state index contributed by atoms with van der Waals surface area (Å²) in [6.07, 6.45) is 1.18. The minimum absolute atomic E-state index is 0. The second kappa shape index (κ2) is 12.3. The molecule has 1 aromatic heterocycles. The Morgan fingerprint density at radius 2 is 1.96 bits per heavy atom. The van der Waals surface area contributed by atoms with Crippen LogP contribution < -0.4 is 10.6 Å². The topological polar surface area (TPSA) is 54.0 Å². The molecule has 0 aliphatic carbocycles. The number of rotatable bonds is 8. The maximum Gasteiger partial charge on any atom is 0.226 e. The molecule has 0 radical (unpaired) electrons. The Morgan fingerprint density at radius 1 is 1.25 bits per heavy atom. The van der Waals surface area contributed by atoms with Gasteiger partial charge in [0.25, 0.3) is 0 Å². The maximum absolute atomic E-state index is 11.9. The SMILES string of the molecule is CCN[C@H](C)CNC(=O)Cc1csc(Cc2ccccc2)n1.Cl.Cl. The summed E-state index contributed by atoms with van der Waals surface area (Å²) < 4.78 is 0. The van der Waals surface area contributed by atoms with E-state index in [9.17, 15) is 4.79 Å². The summed E-state index contributed by atoms with van der Waals surface area (Å²) in [6, 6.07) is 10.5. The molecule has 134 valence electrons. The molecule has 0 fully saturated rings. The Morgan fingerprint density at radius 3 is 2.62 bits per heavy atom. The van der Waals surface area contributed by atoms with Crippen molar-refractivity contribution in [2.75, 3.05) is 13.1 Å². The average Bonchev–Trinajstić information content (AvgIpc) is 2.93. The van der Waals surface area contributed by atoms with Crippen LogP contribution in [-0.4, -0.2) is 30.0 Å². The lowest BCUT2D eigenvalue weighted by Crippen LogP contribution is -2.39. The van der Waals surface area contributed by atoms with Crippen LogP contribution in [0.25, 0.3) is 0 Å². The summed E-state index contributed by atoms with van der Waals surface area (Å²) in [5, 5.41) is 9.23. The average molecular weight is 390 g/mol. The number of carbonyl (C=O) groups excluding carboxylic acids is 1. The van der Waals surface area contributed by atoms with Crippen molar-refractivity contribution < 1.29 is 4.79 Å². The number of nitrogens with zero attached hydrogens (tertiary/aromatic N) is 1. The van der Waals surface area contributed by atoms with E-state index in [-0.39, 0.29) is 36.8 Å². The molecule has 7 heteroatoms. The largest absolute Gasteiger partial charge is 0.354 e. The summed E-state index contributed by atoms with van der Waals surface area (Å²) in [5.41, 5.74) is 2.09. The predicted molar refractivity (Wildman–Crippen MR) is 106 cm³/mol. The Balaban J connectivity index is 0.00000264. The normalized spacial score (nSPS) is 11.1. The van der Waals surface area contributed by atoms with Crippen LogP contribution in [0.1, 0.15) is 30.1 Å². The van der Waals surface area contributed by atoms with Gasteiger partial charge < -0.3 is 10.6 Å². The quantitative estimate of drug-likeness (QED) is 0.728. The highest BCUT2D eigenvalue weighted by Crippen LogP contribution is 2.15. The second-order valence-corrected chi connectivity index (χ2v) is 6.28. The highest BCUT2D eigenvalue weighted by Gasteiger charge is 2.09. The minimum Gasteiger partial charge on any atom is -0.354 e. The van der Waals surface area contributed by atoms with Crippen molar-refractivity contribution in [3.05, 3.63) is 52.0 Å². The van der Waals surface area contributed by atoms with Crippen molar-refractivity contribution in [2.24, 2.45) is 0 Å². The second-order valence-electron chi connectivity index (χ2n) is 5.33. The summed E-state index contributed by atoms with van der Waals surface area (Å²) in [5.74, 6) is 0.0290. The maximum atomic E-state index is 11.9. The Kier molecular flexibility index (Phi) is 11.7. The zero-order chi connectivity index (χ0) is 15.8. The van der Waals surface area contributed by atoms with Crippen molar-refractivity contribution >= 4 is 42.1 Å². The van der Waals surface area contributed by atoms with Gasteiger partial charge in [-0.1, -0.05) is 37.3 Å². The van der Waals surface area contributed by atoms with Crippen LogP contribution in [0, 0.1) is 0 Å². The third-order valence-electron chi connectivity index (χ3n) is 3.30. The molecule has 1 heterocycles. The summed E-state index contributed by atoms with van der Waals surface area (Å²) in [4.78, 5) is 16.5. The summed E-state index contributed by atoms with van der Waals surface area (Å²) in [7, 11) is 0. The van der Waals surface area contributed by atoms with Crippen LogP contribution in [0.2, 0.25) is 0 Å². The van der Waals surface area contributed by atoms with Crippen molar-refractivity contribution in [3.63, 3.8) is 0 Å². The van der Waals surface area contributed by atoms with Crippen molar-refractivity contribution in [3.8, 4) is 0 Å². The zero-order valence-corrected chi connectivity index (χ0v) is 16.4. The first kappa shape index (κ1) is 22.9. The van der Waals surface area contributed by atoms with Crippen LogP contribution in [0.3, 0.4) is 0 Å². The Bertz CT molecular complexity index is 593. The molecule has 0 unspecified atom stereocenters. The van der Waals surface area contributed by atoms with Gasteiger partial charge in [0.05, 0.1) is 17.1 Å². The number of likely N-dealkylation sites (N-methyl/N-ethyl adjacent to an activating group) is 1. The number of nitrogens with one attached hydrogen (secondary N) is 2. The van der Waals surface area contributed by atoms with Gasteiger partial charge >= 0.3 is 0 Å². The molecule has 2 aromatic rings. The van der Waals surface area contributed by atoms with E-state index in [1.165, 1.54) is 5.56 Å². The number of benzene rings is 1. The van der Waals surface area contributed by atoms with Gasteiger partial charge in [0, 0.05) is 24.4 Å². The number of halogens is 2. The van der Waals surface area contributed by atoms with E-state index >= 15 is 0 Å². The van der Waals surface area contributed by atoms with Crippen molar-refractivity contribution in [1.29, 1.82) is 0 Å². The van der Waals surface area contributed by atoms with Gasteiger partial charge in [-0.15, -0.1) is 36.2 Å². The molecule has 1 aromatic carbocycles. The Hall–Kier alpha value is -1.14. The highest BCUT2D eigenvalue weighted by atomic mass is 35.5. The molecular formula is C17H25Cl2N3OS. The van der Waals surface area contributed by atoms with E-state index in [4.69, 9.17) is 0 Å². The number of hydrogen-bond acceptors (Lipinski definition) is 4. The van der Waals surface area contributed by atoms with Crippen molar-refractivity contribution in [2.45, 2.75) is 32.7 Å². The molecule has 24 heavy (non-hydrogen) atoms. The monoisotopic (exact) mass is 389 g/mol. The molecule has 4 nitrogen and oxygen atoms in total. The lowest BCUT2D eigenvalue weighted by atomic mass is 10.2. The number of carbonyl (C=O) groups is 1. The first-order valence-corrected chi connectivity index (χ1v) is 8.52. The van der Waals surface area contributed by atoms with E-state index in [0.717, 1.165) is 23.7 Å². The highest BCUT2D eigenvalue weighted by molar-refractivity contribution is 7.09. The lowest BCUT2D eigenvalue weighted by molar-refractivity contribution is -0.120. The van der Waals surface area contributed by atoms with E-state index in [1.54, 1.807) is 11.3 Å². The van der Waals surface area contributed by atoms with Gasteiger partial charge in [0.1, 0.15) is 0 Å². The van der Waals surface area contributed by atoms with E-state index in [2.05, 4.69) is 41.6 Å². The van der Waals surface area contributed by atoms with Crippen LogP contribution in [0.15, 0.2) is 35.7 Å². The Labute approximate surface area is 160 Å². The van der Waals surface area contributed by atoms with E-state index < -0.39 is 0 Å². The van der Waals surface area contributed by atoms with Crippen LogP contribution in [-0.2, 0) is 17.6 Å². The van der Waals surface area contributed by atoms with Gasteiger partial charge in [0.2, 0.25) is 5.91 Å². The first-order valence-electron chi connectivity index (χ1n) is 7.64. The molecule has 0 aliphatic heterocycles. The molecule has 0 saturated heterocycles. The van der Waals surface area contributed by atoms with Crippen LogP contribution >= 0.6 is 36.2 Å². The fourth-order valence-corrected chi connectivity index (χ4v) is 3.02. The minimum atomic E-state index is 0. The van der Waals surface area contributed by atoms with E-state index in [0.29, 0.717) is 13.0 Å². The van der Waals surface area contributed by atoms with Crippen LogP contribution in [0.4, 0.5) is 0 Å². The zero-order valence-electron chi connectivity index (χ0n) is 14.0. The fraction of sp³-hybridized carbons (Fsp3) is 0.412. The van der Waals surface area contributed by atoms with Gasteiger partial charge in [-0.3, -0.25) is 4.79 Å². The van der Waals surface area contributed by atoms with Gasteiger partial charge in [-0.2, -0.15) is 0 Å². The first-order chi connectivity index (χ1) is 10.7. The third-order valence-corrected chi connectivity index (χ3v) is 4.19. The predicted octanol–water partition coefficient (Wildman–Crippen LogP) is 3.23. The smallest absolute Gasteiger partial charge is 0.226 e. The molecule has 1 amide bonds. The molecule has 2 N–H and O–H groups in total. The molecular weight excluding hydrogens is 365 g/mol. The van der Waals surface area contributed by atoms with Gasteiger partial charge in [-0.25, -0.2) is 4.98 Å². The number of aromatic nitrogens is 1. The number of hydrogen-bond donors (Lipinski definition) is 2.